The summed E-state index contributed by atoms with van der Waals surface area (Å²) in [5.74, 6) is 1.53. The van der Waals surface area contributed by atoms with Crippen LogP contribution in [0.2, 0.25) is 0 Å². The van der Waals surface area contributed by atoms with Crippen molar-refractivity contribution in [1.29, 1.82) is 0 Å². The molecular weight excluding hydrogens is 232 g/mol. The van der Waals surface area contributed by atoms with Crippen LogP contribution in [0.4, 0.5) is 5.95 Å². The monoisotopic (exact) mass is 254 g/mol. The Bertz CT molecular complexity index is 365. The predicted molar refractivity (Wildman–Crippen MR) is 68.9 cm³/mol. The van der Waals surface area contributed by atoms with Gasteiger partial charge < -0.3 is 19.5 Å². The van der Waals surface area contributed by atoms with Gasteiger partial charge in [0.05, 0.1) is 19.1 Å². The third-order valence-corrected chi connectivity index (χ3v) is 3.34. The van der Waals surface area contributed by atoms with Gasteiger partial charge in [-0.05, 0) is 25.5 Å². The number of ether oxygens (including phenoxy) is 1. The van der Waals surface area contributed by atoms with Gasteiger partial charge >= 0.3 is 0 Å². The number of nitrogens with one attached hydrogen (secondary N) is 1. The average Bonchev–Trinajstić information content (AvgIpc) is 3.00. The van der Waals surface area contributed by atoms with Crippen molar-refractivity contribution in [2.24, 2.45) is 0 Å². The maximum atomic E-state index is 5.50. The van der Waals surface area contributed by atoms with Gasteiger partial charge in [-0.25, -0.2) is 0 Å². The van der Waals surface area contributed by atoms with Crippen LogP contribution >= 0.6 is 0 Å². The lowest BCUT2D eigenvalue weighted by molar-refractivity contribution is 0.185. The quantitative estimate of drug-likeness (QED) is 0.817. The number of nitrogens with zero attached hydrogens (tertiary/aromatic N) is 3. The van der Waals surface area contributed by atoms with E-state index in [4.69, 9.17) is 9.26 Å². The maximum Gasteiger partial charge on any atom is 0.266 e. The fourth-order valence-electron chi connectivity index (χ4n) is 2.27. The number of likely N-dealkylation sites (N-methyl/N-ethyl adjacent to an activating group) is 1. The highest BCUT2D eigenvalue weighted by atomic mass is 16.5. The van der Waals surface area contributed by atoms with Crippen LogP contribution in [0.1, 0.15) is 32.6 Å². The molecule has 1 aliphatic heterocycles. The molecule has 18 heavy (non-hydrogen) atoms. The number of anilines is 1. The second-order valence-electron chi connectivity index (χ2n) is 4.41. The van der Waals surface area contributed by atoms with Crippen LogP contribution in [0.5, 0.6) is 0 Å². The molecule has 1 N–H and O–H groups in total. The molecule has 102 valence electrons. The molecule has 2 rings (SSSR count). The Balaban J connectivity index is 2.09. The van der Waals surface area contributed by atoms with Gasteiger partial charge in [0.1, 0.15) is 0 Å². The Morgan fingerprint density at radius 3 is 2.72 bits per heavy atom. The minimum absolute atomic E-state index is 0.168. The van der Waals surface area contributed by atoms with Crippen molar-refractivity contribution in [3.8, 4) is 0 Å². The molecule has 0 aliphatic carbocycles. The van der Waals surface area contributed by atoms with E-state index in [-0.39, 0.29) is 12.0 Å². The second-order valence-corrected chi connectivity index (χ2v) is 4.41. The number of hydrogen-bond acceptors (Lipinski definition) is 6. The van der Waals surface area contributed by atoms with E-state index >= 15 is 0 Å². The molecule has 1 fully saturated rings. The molecule has 1 saturated heterocycles. The van der Waals surface area contributed by atoms with Crippen LogP contribution in [0.25, 0.3) is 0 Å². The highest BCUT2D eigenvalue weighted by Gasteiger charge is 2.33. The highest BCUT2D eigenvalue weighted by molar-refractivity contribution is 5.27. The zero-order valence-electron chi connectivity index (χ0n) is 11.3. The highest BCUT2D eigenvalue weighted by Crippen LogP contribution is 2.25. The average molecular weight is 254 g/mol. The number of rotatable bonds is 6. The first-order chi connectivity index (χ1) is 8.80. The second kappa shape index (κ2) is 6.15. The normalized spacial score (nSPS) is 23.5. The summed E-state index contributed by atoms with van der Waals surface area (Å²) in [6, 6.07) is 0.278. The van der Waals surface area contributed by atoms with Crippen LogP contribution in [0.15, 0.2) is 4.52 Å². The van der Waals surface area contributed by atoms with Crippen molar-refractivity contribution in [1.82, 2.24) is 15.5 Å². The van der Waals surface area contributed by atoms with Gasteiger partial charge in [0.2, 0.25) is 5.89 Å². The Labute approximate surface area is 108 Å². The molecule has 0 radical (unpaired) electrons. The topological polar surface area (TPSA) is 63.4 Å². The molecular formula is C12H22N4O2. The smallest absolute Gasteiger partial charge is 0.266 e. The molecule has 0 bridgehead atoms. The van der Waals surface area contributed by atoms with Crippen molar-refractivity contribution in [3.63, 3.8) is 0 Å². The summed E-state index contributed by atoms with van der Waals surface area (Å²) in [7, 11) is 0. The largest absolute Gasteiger partial charge is 0.379 e. The van der Waals surface area contributed by atoms with Crippen molar-refractivity contribution in [2.75, 3.05) is 37.7 Å². The van der Waals surface area contributed by atoms with Crippen LogP contribution in [-0.2, 0) is 4.74 Å². The van der Waals surface area contributed by atoms with E-state index in [9.17, 15) is 0 Å². The van der Waals surface area contributed by atoms with E-state index in [1.807, 2.05) is 0 Å². The van der Waals surface area contributed by atoms with Gasteiger partial charge in [-0.15, -0.1) is 0 Å². The fraction of sp³-hybridized carbons (Fsp3) is 0.833. The van der Waals surface area contributed by atoms with Gasteiger partial charge in [-0.3, -0.25) is 0 Å². The van der Waals surface area contributed by atoms with E-state index in [0.717, 1.165) is 19.6 Å². The Morgan fingerprint density at radius 2 is 2.06 bits per heavy atom. The lowest BCUT2D eigenvalue weighted by atomic mass is 10.0. The summed E-state index contributed by atoms with van der Waals surface area (Å²) in [5, 5.41) is 7.45. The number of hydrogen-bond donors (Lipinski definition) is 1. The molecule has 0 aromatic carbocycles. The summed E-state index contributed by atoms with van der Waals surface area (Å²) >= 11 is 0. The lowest BCUT2D eigenvalue weighted by Gasteiger charge is -2.15. The third kappa shape index (κ3) is 2.64. The van der Waals surface area contributed by atoms with Gasteiger partial charge in [-0.2, -0.15) is 4.98 Å². The van der Waals surface area contributed by atoms with Gasteiger partial charge in [0, 0.05) is 19.1 Å². The zero-order chi connectivity index (χ0) is 13.0. The molecule has 0 amide bonds. The first-order valence-corrected chi connectivity index (χ1v) is 6.69. The third-order valence-electron chi connectivity index (χ3n) is 3.34. The molecule has 0 saturated carbocycles. The summed E-state index contributed by atoms with van der Waals surface area (Å²) in [6.45, 7) is 10.3. The molecule has 2 heterocycles. The molecule has 6 nitrogen and oxygen atoms in total. The van der Waals surface area contributed by atoms with Crippen LogP contribution < -0.4 is 10.2 Å². The van der Waals surface area contributed by atoms with Crippen LogP contribution in [0.3, 0.4) is 0 Å². The van der Waals surface area contributed by atoms with E-state index in [1.54, 1.807) is 0 Å². The van der Waals surface area contributed by atoms with E-state index in [0.29, 0.717) is 25.1 Å². The summed E-state index contributed by atoms with van der Waals surface area (Å²) in [4.78, 5) is 6.57. The molecule has 2 unspecified atom stereocenters. The van der Waals surface area contributed by atoms with Crippen molar-refractivity contribution >= 4 is 5.95 Å². The maximum absolute atomic E-state index is 5.50. The lowest BCUT2D eigenvalue weighted by Crippen LogP contribution is -2.34. The minimum Gasteiger partial charge on any atom is -0.379 e. The fourth-order valence-corrected chi connectivity index (χ4v) is 2.27. The first-order valence-electron chi connectivity index (χ1n) is 6.69. The van der Waals surface area contributed by atoms with Gasteiger partial charge in [-0.1, -0.05) is 6.92 Å². The van der Waals surface area contributed by atoms with Crippen molar-refractivity contribution in [3.05, 3.63) is 5.89 Å². The number of aromatic nitrogens is 2. The van der Waals surface area contributed by atoms with E-state index < -0.39 is 0 Å². The van der Waals surface area contributed by atoms with Crippen molar-refractivity contribution in [2.45, 2.75) is 32.7 Å². The SMILES string of the molecule is CCNC1COCC1c1nc(N(CC)CC)no1. The summed E-state index contributed by atoms with van der Waals surface area (Å²) in [6.07, 6.45) is 0. The summed E-state index contributed by atoms with van der Waals surface area (Å²) < 4.78 is 10.9. The van der Waals surface area contributed by atoms with E-state index in [1.165, 1.54) is 0 Å². The molecule has 0 spiro atoms. The molecule has 1 aliphatic rings. The predicted octanol–water partition coefficient (Wildman–Crippen LogP) is 1.01. The molecule has 1 aromatic rings. The minimum atomic E-state index is 0.168. The van der Waals surface area contributed by atoms with Crippen molar-refractivity contribution < 1.29 is 9.26 Å². The zero-order valence-corrected chi connectivity index (χ0v) is 11.3. The van der Waals surface area contributed by atoms with Crippen LogP contribution in [0, 0.1) is 0 Å². The molecule has 2 atom stereocenters. The van der Waals surface area contributed by atoms with Gasteiger partial charge in [0.15, 0.2) is 0 Å². The van der Waals surface area contributed by atoms with Crippen LogP contribution in [-0.4, -0.2) is 49.0 Å². The Hall–Kier alpha value is -1.14. The first kappa shape index (κ1) is 13.3. The molecule has 1 aromatic heterocycles. The van der Waals surface area contributed by atoms with Gasteiger partial charge in [0.25, 0.3) is 5.95 Å². The Kier molecular flexibility index (Phi) is 4.54. The molecule has 6 heteroatoms. The van der Waals surface area contributed by atoms with E-state index in [2.05, 4.69) is 41.1 Å². The standard InChI is InChI=1S/C12H22N4O2/c1-4-13-10-8-17-7-9(10)11-14-12(15-18-11)16(5-2)6-3/h9-10,13H,4-8H2,1-3H3. The summed E-state index contributed by atoms with van der Waals surface area (Å²) in [5.41, 5.74) is 0. The Morgan fingerprint density at radius 1 is 1.28 bits per heavy atom.